The number of nitrogens with one attached hydrogen (secondary N) is 2. The lowest BCUT2D eigenvalue weighted by Crippen LogP contribution is -2.13. The number of carbonyl (C=O) groups excluding carboxylic acids is 2. The Morgan fingerprint density at radius 2 is 1.65 bits per heavy atom. The number of hydrogen-bond donors (Lipinski definition) is 2. The lowest BCUT2D eigenvalue weighted by molar-refractivity contribution is -0.117. The van der Waals surface area contributed by atoms with Crippen molar-refractivity contribution in [1.82, 2.24) is 0 Å². The molecular formula is C15H14N2O3. The van der Waals surface area contributed by atoms with E-state index in [0.29, 0.717) is 11.3 Å². The molecule has 0 bridgehead atoms. The third-order valence-corrected chi connectivity index (χ3v) is 3.14. The SMILES string of the molecule is O=C(Nc1ccc(NC(=O)C2CC2)cc1)c1ccoc1. The van der Waals surface area contributed by atoms with Gasteiger partial charge in [-0.15, -0.1) is 0 Å². The van der Waals surface area contributed by atoms with Crippen LogP contribution in [0.1, 0.15) is 23.2 Å². The quantitative estimate of drug-likeness (QED) is 0.897. The second-order valence-corrected chi connectivity index (χ2v) is 4.81. The molecule has 1 aromatic carbocycles. The van der Waals surface area contributed by atoms with Crippen LogP contribution in [0, 0.1) is 5.92 Å². The Morgan fingerprint density at radius 3 is 2.20 bits per heavy atom. The molecule has 2 amide bonds. The van der Waals surface area contributed by atoms with Crippen molar-refractivity contribution < 1.29 is 14.0 Å². The molecule has 102 valence electrons. The van der Waals surface area contributed by atoms with Gasteiger partial charge in [0.2, 0.25) is 5.91 Å². The van der Waals surface area contributed by atoms with E-state index in [2.05, 4.69) is 10.6 Å². The zero-order valence-electron chi connectivity index (χ0n) is 10.8. The third-order valence-electron chi connectivity index (χ3n) is 3.14. The Hall–Kier alpha value is -2.56. The molecule has 2 N–H and O–H groups in total. The van der Waals surface area contributed by atoms with Crippen molar-refractivity contribution in [2.24, 2.45) is 5.92 Å². The van der Waals surface area contributed by atoms with Crippen molar-refractivity contribution in [3.8, 4) is 0 Å². The summed E-state index contributed by atoms with van der Waals surface area (Å²) in [5, 5.41) is 5.59. The first kappa shape index (κ1) is 12.5. The minimum Gasteiger partial charge on any atom is -0.472 e. The van der Waals surface area contributed by atoms with Gasteiger partial charge >= 0.3 is 0 Å². The molecule has 0 atom stereocenters. The summed E-state index contributed by atoms with van der Waals surface area (Å²) < 4.78 is 4.86. The summed E-state index contributed by atoms with van der Waals surface area (Å²) in [6.45, 7) is 0. The first-order valence-corrected chi connectivity index (χ1v) is 6.47. The van der Waals surface area contributed by atoms with Crippen LogP contribution in [0.4, 0.5) is 11.4 Å². The first-order chi connectivity index (χ1) is 9.72. The monoisotopic (exact) mass is 270 g/mol. The van der Waals surface area contributed by atoms with Crippen molar-refractivity contribution in [3.05, 3.63) is 48.4 Å². The van der Waals surface area contributed by atoms with Gasteiger partial charge in [0.1, 0.15) is 6.26 Å². The van der Waals surface area contributed by atoms with Crippen LogP contribution in [0.3, 0.4) is 0 Å². The Morgan fingerprint density at radius 1 is 1.00 bits per heavy atom. The predicted molar refractivity (Wildman–Crippen MR) is 74.5 cm³/mol. The molecule has 0 aliphatic heterocycles. The highest BCUT2D eigenvalue weighted by molar-refractivity contribution is 6.04. The van der Waals surface area contributed by atoms with Crippen LogP contribution in [-0.4, -0.2) is 11.8 Å². The molecule has 5 nitrogen and oxygen atoms in total. The lowest BCUT2D eigenvalue weighted by Gasteiger charge is -2.06. The van der Waals surface area contributed by atoms with E-state index >= 15 is 0 Å². The van der Waals surface area contributed by atoms with E-state index in [-0.39, 0.29) is 17.7 Å². The average Bonchev–Trinajstić information content (AvgIpc) is 3.16. The normalized spacial score (nSPS) is 13.8. The molecule has 1 aliphatic carbocycles. The van der Waals surface area contributed by atoms with Crippen LogP contribution in [0.15, 0.2) is 47.3 Å². The second-order valence-electron chi connectivity index (χ2n) is 4.81. The molecule has 3 rings (SSSR count). The summed E-state index contributed by atoms with van der Waals surface area (Å²) in [5.74, 6) is 0.0177. The Balaban J connectivity index is 1.61. The summed E-state index contributed by atoms with van der Waals surface area (Å²) in [6.07, 6.45) is 4.79. The molecule has 1 aromatic heterocycles. The topological polar surface area (TPSA) is 71.3 Å². The fourth-order valence-corrected chi connectivity index (χ4v) is 1.82. The first-order valence-electron chi connectivity index (χ1n) is 6.47. The fraction of sp³-hybridized carbons (Fsp3) is 0.200. The van der Waals surface area contributed by atoms with Crippen molar-refractivity contribution in [2.45, 2.75) is 12.8 Å². The summed E-state index contributed by atoms with van der Waals surface area (Å²) >= 11 is 0. The summed E-state index contributed by atoms with van der Waals surface area (Å²) in [5.41, 5.74) is 1.87. The van der Waals surface area contributed by atoms with Crippen LogP contribution in [0.2, 0.25) is 0 Å². The zero-order valence-corrected chi connectivity index (χ0v) is 10.8. The van der Waals surface area contributed by atoms with Crippen LogP contribution in [-0.2, 0) is 4.79 Å². The highest BCUT2D eigenvalue weighted by atomic mass is 16.3. The third kappa shape index (κ3) is 2.88. The summed E-state index contributed by atoms with van der Waals surface area (Å²) in [4.78, 5) is 23.4. The molecule has 0 unspecified atom stereocenters. The van der Waals surface area contributed by atoms with E-state index in [9.17, 15) is 9.59 Å². The van der Waals surface area contributed by atoms with Gasteiger partial charge in [-0.2, -0.15) is 0 Å². The van der Waals surface area contributed by atoms with E-state index in [1.54, 1.807) is 30.3 Å². The van der Waals surface area contributed by atoms with E-state index in [1.807, 2.05) is 0 Å². The Kier molecular flexibility index (Phi) is 3.25. The predicted octanol–water partition coefficient (Wildman–Crippen LogP) is 2.88. The summed E-state index contributed by atoms with van der Waals surface area (Å²) in [7, 11) is 0. The molecular weight excluding hydrogens is 256 g/mol. The fourth-order valence-electron chi connectivity index (χ4n) is 1.82. The largest absolute Gasteiger partial charge is 0.472 e. The van der Waals surface area contributed by atoms with Gasteiger partial charge < -0.3 is 15.1 Å². The molecule has 1 saturated carbocycles. The van der Waals surface area contributed by atoms with Gasteiger partial charge in [0.15, 0.2) is 0 Å². The van der Waals surface area contributed by atoms with Gasteiger partial charge in [0.25, 0.3) is 5.91 Å². The number of amides is 2. The maximum atomic E-state index is 11.8. The van der Waals surface area contributed by atoms with Crippen molar-refractivity contribution in [3.63, 3.8) is 0 Å². The number of carbonyl (C=O) groups is 2. The molecule has 1 heterocycles. The van der Waals surface area contributed by atoms with Crippen molar-refractivity contribution in [2.75, 3.05) is 10.6 Å². The highest BCUT2D eigenvalue weighted by Gasteiger charge is 2.29. The molecule has 2 aromatic rings. The number of benzene rings is 1. The Bertz CT molecular complexity index is 613. The van der Waals surface area contributed by atoms with Crippen LogP contribution in [0.5, 0.6) is 0 Å². The summed E-state index contributed by atoms with van der Waals surface area (Å²) in [6, 6.07) is 8.64. The number of hydrogen-bond acceptors (Lipinski definition) is 3. The highest BCUT2D eigenvalue weighted by Crippen LogP contribution is 2.30. The minimum atomic E-state index is -0.228. The number of anilines is 2. The van der Waals surface area contributed by atoms with E-state index in [0.717, 1.165) is 18.5 Å². The zero-order chi connectivity index (χ0) is 13.9. The van der Waals surface area contributed by atoms with Crippen molar-refractivity contribution >= 4 is 23.2 Å². The Labute approximate surface area is 116 Å². The standard InChI is InChI=1S/C15H14N2O3/c18-14(10-1-2-10)16-12-3-5-13(6-4-12)17-15(19)11-7-8-20-9-11/h3-10H,1-2H2,(H,16,18)(H,17,19). The van der Waals surface area contributed by atoms with Gasteiger partial charge in [-0.3, -0.25) is 9.59 Å². The lowest BCUT2D eigenvalue weighted by atomic mass is 10.2. The van der Waals surface area contributed by atoms with E-state index < -0.39 is 0 Å². The van der Waals surface area contributed by atoms with Gasteiger partial charge in [0.05, 0.1) is 11.8 Å². The average molecular weight is 270 g/mol. The molecule has 1 aliphatic rings. The minimum absolute atomic E-state index is 0.0696. The van der Waals surface area contributed by atoms with Crippen LogP contribution >= 0.6 is 0 Å². The van der Waals surface area contributed by atoms with Gasteiger partial charge in [0, 0.05) is 17.3 Å². The molecule has 5 heteroatoms. The molecule has 0 saturated heterocycles. The van der Waals surface area contributed by atoms with E-state index in [4.69, 9.17) is 4.42 Å². The van der Waals surface area contributed by atoms with Crippen LogP contribution < -0.4 is 10.6 Å². The molecule has 1 fully saturated rings. The van der Waals surface area contributed by atoms with E-state index in [1.165, 1.54) is 12.5 Å². The maximum absolute atomic E-state index is 11.8. The molecule has 0 spiro atoms. The van der Waals surface area contributed by atoms with Gasteiger partial charge in [-0.05, 0) is 43.2 Å². The van der Waals surface area contributed by atoms with Crippen LogP contribution in [0.25, 0.3) is 0 Å². The maximum Gasteiger partial charge on any atom is 0.258 e. The molecule has 20 heavy (non-hydrogen) atoms. The number of furan rings is 1. The van der Waals surface area contributed by atoms with Gasteiger partial charge in [-0.1, -0.05) is 0 Å². The smallest absolute Gasteiger partial charge is 0.258 e. The van der Waals surface area contributed by atoms with Gasteiger partial charge in [-0.25, -0.2) is 0 Å². The molecule has 0 radical (unpaired) electrons. The van der Waals surface area contributed by atoms with Crippen molar-refractivity contribution in [1.29, 1.82) is 0 Å². The second kappa shape index (κ2) is 5.21. The number of rotatable bonds is 4.